The van der Waals surface area contributed by atoms with E-state index in [1.165, 1.54) is 24.3 Å². The third kappa shape index (κ3) is 3.88. The van der Waals surface area contributed by atoms with E-state index in [0.29, 0.717) is 16.8 Å². The number of aliphatic hydroxyl groups is 1. The van der Waals surface area contributed by atoms with E-state index in [1.807, 2.05) is 0 Å². The molecule has 4 nitrogen and oxygen atoms in total. The Balaban J connectivity index is 1.71. The van der Waals surface area contributed by atoms with Crippen molar-refractivity contribution in [3.05, 3.63) is 70.5 Å². The van der Waals surface area contributed by atoms with Crippen molar-refractivity contribution in [2.45, 2.75) is 25.6 Å². The highest BCUT2D eigenvalue weighted by atomic mass is 19.1. The van der Waals surface area contributed by atoms with Crippen LogP contribution in [0.15, 0.2) is 42.0 Å². The fourth-order valence-corrected chi connectivity index (χ4v) is 2.86. The summed E-state index contributed by atoms with van der Waals surface area (Å²) >= 11 is 0. The first-order chi connectivity index (χ1) is 12.3. The van der Waals surface area contributed by atoms with Crippen LogP contribution in [-0.2, 0) is 4.79 Å². The first kappa shape index (κ1) is 18.0. The summed E-state index contributed by atoms with van der Waals surface area (Å²) in [6, 6.07) is 6.52. The number of fused-ring (bicyclic) bond motifs is 1. The van der Waals surface area contributed by atoms with Gasteiger partial charge >= 0.3 is 0 Å². The van der Waals surface area contributed by atoms with E-state index >= 15 is 0 Å². The number of anilines is 1. The predicted molar refractivity (Wildman–Crippen MR) is 91.5 cm³/mol. The lowest BCUT2D eigenvalue weighted by Gasteiger charge is -2.24. The number of halogens is 3. The van der Waals surface area contributed by atoms with E-state index in [0.717, 1.165) is 12.1 Å². The zero-order valence-electron chi connectivity index (χ0n) is 13.9. The maximum atomic E-state index is 13.8. The highest BCUT2D eigenvalue weighted by Gasteiger charge is 2.22. The first-order valence-electron chi connectivity index (χ1n) is 8.02. The molecule has 1 aliphatic rings. The van der Waals surface area contributed by atoms with Crippen molar-refractivity contribution in [3.8, 4) is 0 Å². The Morgan fingerprint density at radius 2 is 1.88 bits per heavy atom. The number of rotatable bonds is 4. The summed E-state index contributed by atoms with van der Waals surface area (Å²) in [5, 5.41) is 15.5. The Labute approximate surface area is 148 Å². The molecule has 3 rings (SSSR count). The number of nitrogens with one attached hydrogen (secondary N) is 2. The van der Waals surface area contributed by atoms with Crippen LogP contribution >= 0.6 is 0 Å². The van der Waals surface area contributed by atoms with Crippen molar-refractivity contribution in [3.63, 3.8) is 0 Å². The van der Waals surface area contributed by atoms with Gasteiger partial charge < -0.3 is 15.7 Å². The molecule has 7 heteroatoms. The van der Waals surface area contributed by atoms with Crippen LogP contribution in [0.2, 0.25) is 0 Å². The Bertz CT molecular complexity index is 883. The number of hydrogen-bond donors (Lipinski definition) is 3. The Morgan fingerprint density at radius 3 is 2.62 bits per heavy atom. The van der Waals surface area contributed by atoms with Crippen molar-refractivity contribution in [1.82, 2.24) is 5.32 Å². The maximum absolute atomic E-state index is 13.8. The Morgan fingerprint density at radius 1 is 1.19 bits per heavy atom. The highest BCUT2D eigenvalue weighted by Crippen LogP contribution is 2.28. The largest absolute Gasteiger partial charge is 0.370 e. The molecule has 3 N–H and O–H groups in total. The number of carbonyl (C=O) groups excluding carboxylic acids is 1. The summed E-state index contributed by atoms with van der Waals surface area (Å²) in [5.41, 5.74) is 1.59. The minimum Gasteiger partial charge on any atom is -0.370 e. The molecule has 1 aliphatic heterocycles. The topological polar surface area (TPSA) is 61.4 Å². The number of benzene rings is 2. The van der Waals surface area contributed by atoms with E-state index in [9.17, 15) is 23.1 Å². The zero-order chi connectivity index (χ0) is 18.8. The van der Waals surface area contributed by atoms with Gasteiger partial charge in [-0.25, -0.2) is 13.2 Å². The first-order valence-corrected chi connectivity index (χ1v) is 8.02. The smallest absolute Gasteiger partial charge is 0.224 e. The van der Waals surface area contributed by atoms with Gasteiger partial charge in [0.25, 0.3) is 0 Å². The van der Waals surface area contributed by atoms with Gasteiger partial charge in [-0.15, -0.1) is 0 Å². The number of carbonyl (C=O) groups is 1. The number of amides is 1. The second-order valence-corrected chi connectivity index (χ2v) is 6.13. The molecule has 0 aromatic heterocycles. The fourth-order valence-electron chi connectivity index (χ4n) is 2.86. The fraction of sp³-hybridized carbons (Fsp3) is 0.211. The second kappa shape index (κ2) is 7.21. The minimum absolute atomic E-state index is 0.155. The number of aliphatic hydroxyl groups excluding tert-OH is 1. The van der Waals surface area contributed by atoms with Gasteiger partial charge in [-0.3, -0.25) is 4.79 Å². The predicted octanol–water partition coefficient (Wildman–Crippen LogP) is 3.50. The molecule has 1 unspecified atom stereocenters. The molecular formula is C19H17F3N2O2. The van der Waals surface area contributed by atoms with E-state index in [2.05, 4.69) is 10.6 Å². The van der Waals surface area contributed by atoms with Crippen LogP contribution in [-0.4, -0.2) is 17.2 Å². The SMILES string of the molecule is C[C@H](NC(=O)CC1=Cc2cc(F)ccc2NC1O)c1ccc(F)cc1F. The van der Waals surface area contributed by atoms with Crippen LogP contribution in [0.3, 0.4) is 0 Å². The molecule has 1 heterocycles. The molecule has 26 heavy (non-hydrogen) atoms. The molecule has 2 atom stereocenters. The zero-order valence-corrected chi connectivity index (χ0v) is 13.9. The van der Waals surface area contributed by atoms with Gasteiger partial charge in [0.15, 0.2) is 0 Å². The molecule has 0 radical (unpaired) electrons. The molecule has 2 aromatic carbocycles. The Kier molecular flexibility index (Phi) is 4.99. The van der Waals surface area contributed by atoms with Gasteiger partial charge in [-0.1, -0.05) is 6.07 Å². The summed E-state index contributed by atoms with van der Waals surface area (Å²) in [7, 11) is 0. The second-order valence-electron chi connectivity index (χ2n) is 6.13. The summed E-state index contributed by atoms with van der Waals surface area (Å²) < 4.78 is 40.1. The average molecular weight is 362 g/mol. The Hall–Kier alpha value is -2.80. The van der Waals surface area contributed by atoms with Crippen LogP contribution in [0.4, 0.5) is 18.9 Å². The molecule has 0 spiro atoms. The third-order valence-corrected chi connectivity index (χ3v) is 4.17. The van der Waals surface area contributed by atoms with E-state index in [1.54, 1.807) is 13.0 Å². The van der Waals surface area contributed by atoms with Crippen molar-refractivity contribution in [1.29, 1.82) is 0 Å². The minimum atomic E-state index is -1.09. The summed E-state index contributed by atoms with van der Waals surface area (Å²) in [6.07, 6.45) is 0.302. The highest BCUT2D eigenvalue weighted by molar-refractivity contribution is 5.83. The number of hydrogen-bond acceptors (Lipinski definition) is 3. The van der Waals surface area contributed by atoms with Gasteiger partial charge in [0, 0.05) is 22.9 Å². The molecule has 0 bridgehead atoms. The molecule has 1 amide bonds. The molecule has 0 saturated heterocycles. The van der Waals surface area contributed by atoms with Crippen LogP contribution < -0.4 is 10.6 Å². The van der Waals surface area contributed by atoms with E-state index in [-0.39, 0.29) is 12.0 Å². The quantitative estimate of drug-likeness (QED) is 0.780. The van der Waals surface area contributed by atoms with Crippen LogP contribution in [0.25, 0.3) is 6.08 Å². The van der Waals surface area contributed by atoms with Crippen molar-refractivity contribution < 1.29 is 23.1 Å². The standard InChI is InChI=1S/C19H17F3N2O2/c1-10(15-4-2-14(21)9-16(15)22)23-18(25)8-12-6-11-7-13(20)3-5-17(11)24-19(12)26/h2-7,9-10,19,24,26H,8H2,1H3,(H,23,25)/t10-,19?/m0/s1. The average Bonchev–Trinajstić information content (AvgIpc) is 2.55. The lowest BCUT2D eigenvalue weighted by atomic mass is 10.00. The van der Waals surface area contributed by atoms with Crippen molar-refractivity contribution in [2.24, 2.45) is 0 Å². The van der Waals surface area contributed by atoms with Gasteiger partial charge in [0.1, 0.15) is 23.7 Å². The van der Waals surface area contributed by atoms with Crippen molar-refractivity contribution in [2.75, 3.05) is 5.32 Å². The summed E-state index contributed by atoms with van der Waals surface area (Å²) in [6.45, 7) is 1.57. The van der Waals surface area contributed by atoms with Gasteiger partial charge in [0.05, 0.1) is 12.5 Å². The molecule has 136 valence electrons. The summed E-state index contributed by atoms with van der Waals surface area (Å²) in [5.74, 6) is -2.33. The maximum Gasteiger partial charge on any atom is 0.224 e. The van der Waals surface area contributed by atoms with E-state index in [4.69, 9.17) is 0 Å². The van der Waals surface area contributed by atoms with E-state index < -0.39 is 35.6 Å². The van der Waals surface area contributed by atoms with Gasteiger partial charge in [0.2, 0.25) is 5.91 Å². The van der Waals surface area contributed by atoms with Crippen LogP contribution in [0, 0.1) is 17.5 Å². The van der Waals surface area contributed by atoms with Crippen molar-refractivity contribution >= 4 is 17.7 Å². The van der Waals surface area contributed by atoms with Crippen LogP contribution in [0.5, 0.6) is 0 Å². The summed E-state index contributed by atoms with van der Waals surface area (Å²) in [4.78, 5) is 12.2. The lowest BCUT2D eigenvalue weighted by Crippen LogP contribution is -2.32. The molecule has 0 aliphatic carbocycles. The van der Waals surface area contributed by atoms with Gasteiger partial charge in [-0.2, -0.15) is 0 Å². The van der Waals surface area contributed by atoms with Gasteiger partial charge in [-0.05, 0) is 42.8 Å². The monoisotopic (exact) mass is 362 g/mol. The van der Waals surface area contributed by atoms with Crippen LogP contribution in [0.1, 0.15) is 30.5 Å². The molecule has 0 fully saturated rings. The molecular weight excluding hydrogens is 345 g/mol. The third-order valence-electron chi connectivity index (χ3n) is 4.17. The lowest BCUT2D eigenvalue weighted by molar-refractivity contribution is -0.121. The normalized spacial score (nSPS) is 17.0. The molecule has 0 saturated carbocycles. The molecule has 2 aromatic rings.